The lowest BCUT2D eigenvalue weighted by Crippen LogP contribution is -2.31. The molecule has 1 amide bonds. The molecule has 2 aromatic carbocycles. The van der Waals surface area contributed by atoms with E-state index < -0.39 is 0 Å². The Morgan fingerprint density at radius 3 is 2.52 bits per heavy atom. The molecule has 3 rings (SSSR count). The summed E-state index contributed by atoms with van der Waals surface area (Å²) in [5.41, 5.74) is 1.93. The second kappa shape index (κ2) is 8.71. The Hall–Kier alpha value is -3.54. The first-order valence-electron chi connectivity index (χ1n) is 8.47. The smallest absolute Gasteiger partial charge is 0.266 e. The third-order valence-corrected chi connectivity index (χ3v) is 3.86. The van der Waals surface area contributed by atoms with E-state index in [9.17, 15) is 14.0 Å². The predicted molar refractivity (Wildman–Crippen MR) is 102 cm³/mol. The van der Waals surface area contributed by atoms with E-state index >= 15 is 0 Å². The first-order valence-corrected chi connectivity index (χ1v) is 8.47. The number of nitrogens with zero attached hydrogens (tertiary/aromatic N) is 2. The first kappa shape index (κ1) is 18.3. The van der Waals surface area contributed by atoms with Crippen LogP contribution in [0.25, 0.3) is 17.3 Å². The van der Waals surface area contributed by atoms with Crippen molar-refractivity contribution in [3.05, 3.63) is 94.5 Å². The Labute approximate surface area is 155 Å². The Morgan fingerprint density at radius 2 is 1.78 bits per heavy atom. The monoisotopic (exact) mass is 363 g/mol. The van der Waals surface area contributed by atoms with Crippen molar-refractivity contribution in [2.24, 2.45) is 0 Å². The van der Waals surface area contributed by atoms with Gasteiger partial charge in [-0.2, -0.15) is 5.10 Å². The lowest BCUT2D eigenvalue weighted by Gasteiger charge is -2.07. The molecule has 1 aromatic heterocycles. The van der Waals surface area contributed by atoms with Crippen molar-refractivity contribution in [2.45, 2.75) is 6.54 Å². The second-order valence-corrected chi connectivity index (χ2v) is 5.82. The van der Waals surface area contributed by atoms with Gasteiger partial charge in [-0.25, -0.2) is 9.07 Å². The summed E-state index contributed by atoms with van der Waals surface area (Å²) in [4.78, 5) is 23.8. The van der Waals surface area contributed by atoms with E-state index in [-0.39, 0.29) is 30.4 Å². The van der Waals surface area contributed by atoms with Crippen LogP contribution in [0.3, 0.4) is 0 Å². The zero-order valence-electron chi connectivity index (χ0n) is 14.5. The summed E-state index contributed by atoms with van der Waals surface area (Å²) < 4.78 is 14.3. The van der Waals surface area contributed by atoms with Gasteiger partial charge in [-0.1, -0.05) is 30.3 Å². The Bertz CT molecular complexity index is 996. The molecule has 0 bridgehead atoms. The van der Waals surface area contributed by atoms with Crippen molar-refractivity contribution in [2.75, 3.05) is 6.54 Å². The molecule has 0 aliphatic rings. The predicted octanol–water partition coefficient (Wildman–Crippen LogP) is 2.88. The van der Waals surface area contributed by atoms with Crippen molar-refractivity contribution < 1.29 is 9.18 Å². The molecule has 6 heteroatoms. The number of rotatable bonds is 6. The summed E-state index contributed by atoms with van der Waals surface area (Å²) in [7, 11) is 0. The van der Waals surface area contributed by atoms with Crippen LogP contribution >= 0.6 is 0 Å². The summed E-state index contributed by atoms with van der Waals surface area (Å²) in [6, 6.07) is 18.4. The average Bonchev–Trinajstić information content (AvgIpc) is 2.69. The summed E-state index contributed by atoms with van der Waals surface area (Å²) in [5.74, 6) is -0.583. The highest BCUT2D eigenvalue weighted by Crippen LogP contribution is 2.15. The van der Waals surface area contributed by atoms with Crippen LogP contribution in [0.5, 0.6) is 0 Å². The lowest BCUT2D eigenvalue weighted by molar-refractivity contribution is -0.116. The van der Waals surface area contributed by atoms with Crippen molar-refractivity contribution in [1.82, 2.24) is 15.1 Å². The van der Waals surface area contributed by atoms with E-state index in [1.54, 1.807) is 24.3 Å². The van der Waals surface area contributed by atoms with Gasteiger partial charge in [0.15, 0.2) is 0 Å². The van der Waals surface area contributed by atoms with E-state index in [4.69, 9.17) is 0 Å². The number of amides is 1. The van der Waals surface area contributed by atoms with Crippen LogP contribution in [0.2, 0.25) is 0 Å². The number of hydrogen-bond donors (Lipinski definition) is 1. The van der Waals surface area contributed by atoms with Gasteiger partial charge in [-0.15, -0.1) is 0 Å². The van der Waals surface area contributed by atoms with Gasteiger partial charge in [-0.3, -0.25) is 9.59 Å². The van der Waals surface area contributed by atoms with Crippen molar-refractivity contribution in [3.8, 4) is 11.3 Å². The van der Waals surface area contributed by atoms with Gasteiger partial charge in [0.1, 0.15) is 5.82 Å². The molecule has 0 aliphatic heterocycles. The molecular weight excluding hydrogens is 345 g/mol. The van der Waals surface area contributed by atoms with Gasteiger partial charge in [0.2, 0.25) is 5.91 Å². The highest BCUT2D eigenvalue weighted by Gasteiger charge is 2.04. The fraction of sp³-hybridized carbons (Fsp3) is 0.0952. The minimum atomic E-state index is -0.335. The van der Waals surface area contributed by atoms with Gasteiger partial charge in [0.05, 0.1) is 12.2 Å². The highest BCUT2D eigenvalue weighted by molar-refractivity contribution is 5.91. The largest absolute Gasteiger partial charge is 0.351 e. The highest BCUT2D eigenvalue weighted by atomic mass is 19.1. The van der Waals surface area contributed by atoms with Gasteiger partial charge < -0.3 is 5.32 Å². The fourth-order valence-corrected chi connectivity index (χ4v) is 2.46. The number of aromatic nitrogens is 2. The molecule has 136 valence electrons. The number of hydrogen-bond acceptors (Lipinski definition) is 3. The molecule has 1 N–H and O–H groups in total. The zero-order chi connectivity index (χ0) is 19.1. The third-order valence-electron chi connectivity index (χ3n) is 3.86. The molecule has 1 heterocycles. The van der Waals surface area contributed by atoms with Gasteiger partial charge >= 0.3 is 0 Å². The topological polar surface area (TPSA) is 64.0 Å². The molecular formula is C21H18FN3O2. The van der Waals surface area contributed by atoms with Gasteiger partial charge in [0, 0.05) is 24.3 Å². The van der Waals surface area contributed by atoms with E-state index in [0.717, 1.165) is 5.56 Å². The molecule has 0 saturated carbocycles. The number of benzene rings is 2. The molecule has 27 heavy (non-hydrogen) atoms. The van der Waals surface area contributed by atoms with Gasteiger partial charge in [-0.05, 0) is 42.0 Å². The molecule has 0 unspecified atom stereocenters. The van der Waals surface area contributed by atoms with E-state index in [1.165, 1.54) is 29.0 Å². The zero-order valence-corrected chi connectivity index (χ0v) is 14.5. The Kier molecular flexibility index (Phi) is 5.89. The fourth-order valence-electron chi connectivity index (χ4n) is 2.46. The maximum atomic E-state index is 13.0. The summed E-state index contributed by atoms with van der Waals surface area (Å²) in [6.45, 7) is 0.497. The number of nitrogens with one attached hydrogen (secondary N) is 1. The normalized spacial score (nSPS) is 10.9. The van der Waals surface area contributed by atoms with Crippen LogP contribution < -0.4 is 10.9 Å². The van der Waals surface area contributed by atoms with Crippen LogP contribution in [0.1, 0.15) is 5.56 Å². The average molecular weight is 363 g/mol. The maximum Gasteiger partial charge on any atom is 0.266 e. The maximum absolute atomic E-state index is 13.0. The number of carbonyl (C=O) groups excluding carboxylic acids is 1. The molecule has 0 fully saturated rings. The number of carbonyl (C=O) groups is 1. The van der Waals surface area contributed by atoms with Crippen LogP contribution in [-0.4, -0.2) is 22.2 Å². The van der Waals surface area contributed by atoms with E-state index in [2.05, 4.69) is 10.4 Å². The van der Waals surface area contributed by atoms with Gasteiger partial charge in [0.25, 0.3) is 5.56 Å². The number of halogens is 1. The van der Waals surface area contributed by atoms with Crippen LogP contribution in [0, 0.1) is 5.82 Å². The summed E-state index contributed by atoms with van der Waals surface area (Å²) in [5, 5.41) is 7.00. The molecule has 0 radical (unpaired) electrons. The van der Waals surface area contributed by atoms with Crippen molar-refractivity contribution in [3.63, 3.8) is 0 Å². The van der Waals surface area contributed by atoms with E-state index in [0.29, 0.717) is 11.3 Å². The second-order valence-electron chi connectivity index (χ2n) is 5.82. The molecule has 0 aliphatic carbocycles. The minimum Gasteiger partial charge on any atom is -0.351 e. The quantitative estimate of drug-likeness (QED) is 0.685. The molecule has 0 atom stereocenters. The SMILES string of the molecule is O=C(/C=C/c1ccccc1)NCCn1nc(-c2ccc(F)cc2)ccc1=O. The minimum absolute atomic E-state index is 0.235. The van der Waals surface area contributed by atoms with Crippen LogP contribution in [0.15, 0.2) is 77.6 Å². The summed E-state index contributed by atoms with van der Waals surface area (Å²) >= 11 is 0. The Balaban J connectivity index is 1.60. The first-order chi connectivity index (χ1) is 13.1. The lowest BCUT2D eigenvalue weighted by atomic mass is 10.1. The standard InChI is InChI=1S/C21H18FN3O2/c22-18-9-7-17(8-10-18)19-11-13-21(27)25(24-19)15-14-23-20(26)12-6-16-4-2-1-3-5-16/h1-13H,14-15H2,(H,23,26)/b12-6+. The van der Waals surface area contributed by atoms with Crippen molar-refractivity contribution in [1.29, 1.82) is 0 Å². The van der Waals surface area contributed by atoms with Crippen LogP contribution in [-0.2, 0) is 11.3 Å². The van der Waals surface area contributed by atoms with Crippen LogP contribution in [0.4, 0.5) is 4.39 Å². The third kappa shape index (κ3) is 5.22. The molecule has 5 nitrogen and oxygen atoms in total. The van der Waals surface area contributed by atoms with Crippen molar-refractivity contribution >= 4 is 12.0 Å². The molecule has 0 saturated heterocycles. The summed E-state index contributed by atoms with van der Waals surface area (Å²) in [6.07, 6.45) is 3.16. The van der Waals surface area contributed by atoms with E-state index in [1.807, 2.05) is 30.3 Å². The molecule has 3 aromatic rings. The molecule has 0 spiro atoms. The Morgan fingerprint density at radius 1 is 1.04 bits per heavy atom.